The van der Waals surface area contributed by atoms with Gasteiger partial charge in [-0.1, -0.05) is 13.8 Å². The number of hydrogen-bond acceptors (Lipinski definition) is 6. The molecule has 3 aliphatic rings. The maximum Gasteiger partial charge on any atom is 0.243 e. The van der Waals surface area contributed by atoms with E-state index in [9.17, 15) is 13.2 Å². The molecule has 0 amide bonds. The average molecular weight is 469 g/mol. The summed E-state index contributed by atoms with van der Waals surface area (Å²) in [5.74, 6) is 1.88. The summed E-state index contributed by atoms with van der Waals surface area (Å²) in [5.41, 5.74) is 3.19. The van der Waals surface area contributed by atoms with Crippen molar-refractivity contribution in [2.45, 2.75) is 31.6 Å². The first-order valence-electron chi connectivity index (χ1n) is 11.3. The largest absolute Gasteiger partial charge is 0.454 e. The van der Waals surface area contributed by atoms with Crippen LogP contribution < -0.4 is 14.8 Å². The Kier molecular flexibility index (Phi) is 5.66. The fraction of sp³-hybridized carbons (Fsp3) is 0.400. The predicted molar refractivity (Wildman–Crippen MR) is 125 cm³/mol. The van der Waals surface area contributed by atoms with Gasteiger partial charge in [0.05, 0.1) is 4.90 Å². The first-order chi connectivity index (χ1) is 15.8. The summed E-state index contributed by atoms with van der Waals surface area (Å²) in [6.07, 6.45) is 3.43. The number of ether oxygens (including phenoxy) is 2. The number of carbonyl (C=O) groups is 1. The van der Waals surface area contributed by atoms with E-state index in [-0.39, 0.29) is 17.5 Å². The van der Waals surface area contributed by atoms with Crippen molar-refractivity contribution in [1.29, 1.82) is 0 Å². The highest BCUT2D eigenvalue weighted by Crippen LogP contribution is 2.38. The van der Waals surface area contributed by atoms with Gasteiger partial charge in [0.15, 0.2) is 17.3 Å². The minimum atomic E-state index is -3.57. The van der Waals surface area contributed by atoms with Gasteiger partial charge in [0, 0.05) is 42.5 Å². The molecule has 3 heterocycles. The molecule has 0 radical (unpaired) electrons. The summed E-state index contributed by atoms with van der Waals surface area (Å²) in [7, 11) is -3.57. The van der Waals surface area contributed by atoms with E-state index < -0.39 is 10.0 Å². The first kappa shape index (κ1) is 22.0. The standard InChI is InChI=1S/C25H28N2O5S/c1-16-9-17(2)14-27(13-16)33(29,30)20-5-3-18(4-6-20)23(28)12-22-21-11-25-24(31-15-32-25)10-19(21)7-8-26-22/h3-6,10-12,16-17,26H,7-9,13-15H2,1-2H3/b22-12-/t16-,17-/m1/s1. The van der Waals surface area contributed by atoms with Crippen LogP contribution in [0.3, 0.4) is 0 Å². The minimum Gasteiger partial charge on any atom is -0.454 e. The van der Waals surface area contributed by atoms with Crippen molar-refractivity contribution in [3.05, 3.63) is 59.2 Å². The quantitative estimate of drug-likeness (QED) is 0.547. The lowest BCUT2D eigenvalue weighted by atomic mass is 9.94. The van der Waals surface area contributed by atoms with E-state index >= 15 is 0 Å². The maximum atomic E-state index is 13.1. The molecule has 1 N–H and O–H groups in total. The SMILES string of the molecule is C[C@@H]1C[C@@H](C)CN(S(=O)(=O)c2ccc(C(=O)/C=C3\NCCc4cc5c(cc43)OCO5)cc2)C1. The Hall–Kier alpha value is -2.84. The Morgan fingerprint density at radius 2 is 1.73 bits per heavy atom. The van der Waals surface area contributed by atoms with E-state index in [1.54, 1.807) is 22.5 Å². The Morgan fingerprint density at radius 1 is 1.06 bits per heavy atom. The average Bonchev–Trinajstić information content (AvgIpc) is 3.25. The Balaban J connectivity index is 1.37. The summed E-state index contributed by atoms with van der Waals surface area (Å²) in [4.78, 5) is 13.2. The number of sulfonamides is 1. The first-order valence-corrected chi connectivity index (χ1v) is 12.8. The van der Waals surface area contributed by atoms with E-state index in [2.05, 4.69) is 19.2 Å². The van der Waals surface area contributed by atoms with E-state index in [1.807, 2.05) is 12.1 Å². The monoisotopic (exact) mass is 468 g/mol. The molecular formula is C25H28N2O5S. The fourth-order valence-electron chi connectivity index (χ4n) is 4.95. The van der Waals surface area contributed by atoms with Crippen molar-refractivity contribution in [2.24, 2.45) is 11.8 Å². The summed E-state index contributed by atoms with van der Waals surface area (Å²) in [5, 5.41) is 3.30. The lowest BCUT2D eigenvalue weighted by molar-refractivity contribution is 0.104. The fourth-order valence-corrected chi connectivity index (χ4v) is 6.63. The second-order valence-electron chi connectivity index (χ2n) is 9.25. The predicted octanol–water partition coefficient (Wildman–Crippen LogP) is 3.45. The van der Waals surface area contributed by atoms with Crippen LogP contribution >= 0.6 is 0 Å². The van der Waals surface area contributed by atoms with Gasteiger partial charge in [0.2, 0.25) is 16.8 Å². The van der Waals surface area contributed by atoms with Crippen molar-refractivity contribution in [3.63, 3.8) is 0 Å². The third-order valence-corrected chi connectivity index (χ3v) is 8.33. The number of nitrogens with one attached hydrogen (secondary N) is 1. The molecule has 7 nitrogen and oxygen atoms in total. The summed E-state index contributed by atoms with van der Waals surface area (Å²) >= 11 is 0. The summed E-state index contributed by atoms with van der Waals surface area (Å²) in [6.45, 7) is 6.15. The molecular weight excluding hydrogens is 440 g/mol. The van der Waals surface area contributed by atoms with Crippen molar-refractivity contribution in [1.82, 2.24) is 9.62 Å². The molecule has 0 unspecified atom stereocenters. The highest BCUT2D eigenvalue weighted by Gasteiger charge is 2.31. The number of fused-ring (bicyclic) bond motifs is 2. The van der Waals surface area contributed by atoms with E-state index in [4.69, 9.17) is 9.47 Å². The zero-order valence-electron chi connectivity index (χ0n) is 18.8. The van der Waals surface area contributed by atoms with E-state index in [0.29, 0.717) is 36.2 Å². The highest BCUT2D eigenvalue weighted by atomic mass is 32.2. The molecule has 1 saturated heterocycles. The smallest absolute Gasteiger partial charge is 0.243 e. The molecule has 8 heteroatoms. The van der Waals surface area contributed by atoms with Gasteiger partial charge in [0.25, 0.3) is 0 Å². The topological polar surface area (TPSA) is 84.9 Å². The van der Waals surface area contributed by atoms with Crippen LogP contribution in [0.15, 0.2) is 47.4 Å². The van der Waals surface area contributed by atoms with Crippen molar-refractivity contribution >= 4 is 21.5 Å². The van der Waals surface area contributed by atoms with Crippen molar-refractivity contribution in [2.75, 3.05) is 26.4 Å². The number of allylic oxidation sites excluding steroid dienone is 1. The van der Waals surface area contributed by atoms with E-state index in [0.717, 1.165) is 42.0 Å². The number of rotatable bonds is 4. The van der Waals surface area contributed by atoms with Crippen LogP contribution in [0.5, 0.6) is 11.5 Å². The molecule has 2 aromatic carbocycles. The molecule has 33 heavy (non-hydrogen) atoms. The second-order valence-corrected chi connectivity index (χ2v) is 11.2. The summed E-state index contributed by atoms with van der Waals surface area (Å²) < 4.78 is 38.7. The molecule has 5 rings (SSSR count). The van der Waals surface area contributed by atoms with Crippen LogP contribution in [0.2, 0.25) is 0 Å². The number of benzene rings is 2. The van der Waals surface area contributed by atoms with Gasteiger partial charge < -0.3 is 14.8 Å². The van der Waals surface area contributed by atoms with Crippen molar-refractivity contribution < 1.29 is 22.7 Å². The van der Waals surface area contributed by atoms with Gasteiger partial charge in [-0.25, -0.2) is 8.42 Å². The van der Waals surface area contributed by atoms with Gasteiger partial charge >= 0.3 is 0 Å². The molecule has 0 aromatic heterocycles. The molecule has 174 valence electrons. The highest BCUT2D eigenvalue weighted by molar-refractivity contribution is 7.89. The minimum absolute atomic E-state index is 0.188. The van der Waals surface area contributed by atoms with E-state index in [1.165, 1.54) is 12.1 Å². The van der Waals surface area contributed by atoms with Crippen molar-refractivity contribution in [3.8, 4) is 11.5 Å². The number of nitrogens with zero attached hydrogens (tertiary/aromatic N) is 1. The maximum absolute atomic E-state index is 13.1. The van der Waals surface area contributed by atoms with Crippen LogP contribution in [-0.2, 0) is 16.4 Å². The van der Waals surface area contributed by atoms with Crippen LogP contribution in [0.1, 0.15) is 41.8 Å². The Bertz CT molecular complexity index is 1210. The zero-order valence-corrected chi connectivity index (χ0v) is 19.7. The van der Waals surface area contributed by atoms with Crippen LogP contribution in [0, 0.1) is 11.8 Å². The lowest BCUT2D eigenvalue weighted by Crippen LogP contribution is -2.42. The molecule has 0 aliphatic carbocycles. The second kappa shape index (κ2) is 8.50. The Labute approximate surface area is 194 Å². The molecule has 2 aromatic rings. The number of ketones is 1. The van der Waals surface area contributed by atoms with Crippen LogP contribution in [0.25, 0.3) is 5.70 Å². The van der Waals surface area contributed by atoms with Gasteiger partial charge in [-0.15, -0.1) is 0 Å². The molecule has 2 atom stereocenters. The normalized spacial score (nSPS) is 23.8. The molecule has 0 spiro atoms. The number of hydrogen-bond donors (Lipinski definition) is 1. The number of piperidine rings is 1. The van der Waals surface area contributed by atoms with Gasteiger partial charge in [-0.2, -0.15) is 4.31 Å². The van der Waals surface area contributed by atoms with Crippen LogP contribution in [0.4, 0.5) is 0 Å². The summed E-state index contributed by atoms with van der Waals surface area (Å²) in [6, 6.07) is 10.1. The van der Waals surface area contributed by atoms with Gasteiger partial charge in [-0.05, 0) is 66.6 Å². The third-order valence-electron chi connectivity index (χ3n) is 6.49. The van der Waals surface area contributed by atoms with Gasteiger partial charge in [0.1, 0.15) is 0 Å². The molecule has 0 bridgehead atoms. The molecule has 1 fully saturated rings. The molecule has 3 aliphatic heterocycles. The third kappa shape index (κ3) is 4.25. The Morgan fingerprint density at radius 3 is 2.42 bits per heavy atom. The molecule has 0 saturated carbocycles. The number of carbonyl (C=O) groups excluding carboxylic acids is 1. The van der Waals surface area contributed by atoms with Crippen LogP contribution in [-0.4, -0.2) is 44.9 Å². The lowest BCUT2D eigenvalue weighted by Gasteiger charge is -2.34. The zero-order chi connectivity index (χ0) is 23.2. The van der Waals surface area contributed by atoms with Gasteiger partial charge in [-0.3, -0.25) is 4.79 Å².